The van der Waals surface area contributed by atoms with Gasteiger partial charge in [-0.15, -0.1) is 0 Å². The van der Waals surface area contributed by atoms with Crippen molar-refractivity contribution in [3.8, 4) is 0 Å². The number of hydrogen-bond acceptors (Lipinski definition) is 3. The molecule has 0 amide bonds. The van der Waals surface area contributed by atoms with Gasteiger partial charge in [-0.3, -0.25) is 0 Å². The number of anilines is 1. The quantitative estimate of drug-likeness (QED) is 0.701. The summed E-state index contributed by atoms with van der Waals surface area (Å²) in [5.74, 6) is 0. The van der Waals surface area contributed by atoms with Gasteiger partial charge in [0.05, 0.1) is 5.52 Å². The van der Waals surface area contributed by atoms with Gasteiger partial charge in [0.15, 0.2) is 0 Å². The molecule has 1 N–H and O–H groups in total. The van der Waals surface area contributed by atoms with Gasteiger partial charge in [0.1, 0.15) is 5.03 Å². The molecule has 3 heteroatoms. The highest BCUT2D eigenvalue weighted by Crippen LogP contribution is 2.21. The van der Waals surface area contributed by atoms with Crippen molar-refractivity contribution in [2.24, 2.45) is 0 Å². The van der Waals surface area contributed by atoms with E-state index in [2.05, 4.69) is 21.8 Å². The lowest BCUT2D eigenvalue weighted by Gasteiger charge is -2.05. The number of nitrogens with one attached hydrogen (secondary N) is 1. The highest BCUT2D eigenvalue weighted by atomic mass is 32.2. The molecule has 88 valence electrons. The number of hydrogen-bond donors (Lipinski definition) is 1. The number of fused-ring (bicyclic) bond motifs is 1. The molecule has 2 aromatic carbocycles. The Morgan fingerprint density at radius 3 is 2.44 bits per heavy atom. The molecule has 0 aliphatic carbocycles. The summed E-state index contributed by atoms with van der Waals surface area (Å²) in [6.45, 7) is 0. The Labute approximate surface area is 110 Å². The van der Waals surface area contributed by atoms with Crippen LogP contribution in [-0.2, 0) is 0 Å². The smallest absolute Gasteiger partial charge is 0.117 e. The van der Waals surface area contributed by atoms with Gasteiger partial charge in [0.25, 0.3) is 0 Å². The van der Waals surface area contributed by atoms with E-state index in [1.807, 2.05) is 54.6 Å². The molecular weight excluding hydrogens is 240 g/mol. The average molecular weight is 252 g/mol. The van der Waals surface area contributed by atoms with E-state index in [9.17, 15) is 0 Å². The zero-order valence-corrected chi connectivity index (χ0v) is 10.5. The molecule has 0 saturated carbocycles. The molecule has 3 rings (SSSR count). The van der Waals surface area contributed by atoms with Crippen LogP contribution in [0.4, 0.5) is 5.69 Å². The van der Waals surface area contributed by atoms with Crippen molar-refractivity contribution in [2.75, 3.05) is 4.72 Å². The van der Waals surface area contributed by atoms with Crippen molar-refractivity contribution in [3.05, 3.63) is 66.7 Å². The zero-order valence-electron chi connectivity index (χ0n) is 9.71. The maximum atomic E-state index is 4.59. The first-order valence-corrected chi connectivity index (χ1v) is 6.57. The van der Waals surface area contributed by atoms with Crippen LogP contribution >= 0.6 is 11.9 Å². The lowest BCUT2D eigenvalue weighted by Crippen LogP contribution is -1.88. The summed E-state index contributed by atoms with van der Waals surface area (Å²) in [5.41, 5.74) is 2.11. The summed E-state index contributed by atoms with van der Waals surface area (Å²) in [7, 11) is 0. The summed E-state index contributed by atoms with van der Waals surface area (Å²) in [6, 6.07) is 22.4. The van der Waals surface area contributed by atoms with E-state index in [0.29, 0.717) is 0 Å². The second-order valence-electron chi connectivity index (χ2n) is 3.91. The number of para-hydroxylation sites is 2. The van der Waals surface area contributed by atoms with E-state index in [1.165, 1.54) is 17.3 Å². The lowest BCUT2D eigenvalue weighted by molar-refractivity contribution is 1.19. The summed E-state index contributed by atoms with van der Waals surface area (Å²) in [4.78, 5) is 4.59. The predicted molar refractivity (Wildman–Crippen MR) is 77.7 cm³/mol. The number of pyridine rings is 1. The van der Waals surface area contributed by atoms with E-state index < -0.39 is 0 Å². The van der Waals surface area contributed by atoms with E-state index >= 15 is 0 Å². The molecular formula is C15H12N2S. The van der Waals surface area contributed by atoms with Crippen molar-refractivity contribution in [3.63, 3.8) is 0 Å². The van der Waals surface area contributed by atoms with Gasteiger partial charge >= 0.3 is 0 Å². The van der Waals surface area contributed by atoms with Gasteiger partial charge in [-0.1, -0.05) is 42.5 Å². The van der Waals surface area contributed by atoms with E-state index in [1.54, 1.807) is 0 Å². The molecule has 3 aromatic rings. The maximum absolute atomic E-state index is 4.59. The Morgan fingerprint density at radius 2 is 1.56 bits per heavy atom. The van der Waals surface area contributed by atoms with Crippen LogP contribution in [0.3, 0.4) is 0 Å². The number of rotatable bonds is 3. The maximum Gasteiger partial charge on any atom is 0.117 e. The Morgan fingerprint density at radius 1 is 0.778 bits per heavy atom. The zero-order chi connectivity index (χ0) is 12.2. The largest absolute Gasteiger partial charge is 0.324 e. The van der Waals surface area contributed by atoms with Crippen LogP contribution in [0.15, 0.2) is 71.8 Å². The second-order valence-corrected chi connectivity index (χ2v) is 4.74. The van der Waals surface area contributed by atoms with Crippen molar-refractivity contribution in [1.29, 1.82) is 0 Å². The van der Waals surface area contributed by atoms with Crippen LogP contribution in [0.25, 0.3) is 10.9 Å². The fourth-order valence-corrected chi connectivity index (χ4v) is 2.36. The highest BCUT2D eigenvalue weighted by molar-refractivity contribution is 8.00. The molecule has 18 heavy (non-hydrogen) atoms. The molecule has 0 saturated heterocycles. The van der Waals surface area contributed by atoms with Crippen molar-refractivity contribution in [1.82, 2.24) is 4.98 Å². The molecule has 0 spiro atoms. The third-order valence-corrected chi connectivity index (χ3v) is 3.39. The van der Waals surface area contributed by atoms with Crippen LogP contribution in [0.2, 0.25) is 0 Å². The molecule has 0 fully saturated rings. The third kappa shape index (κ3) is 2.46. The normalized spacial score (nSPS) is 10.4. The molecule has 0 radical (unpaired) electrons. The first-order chi connectivity index (χ1) is 8.92. The minimum atomic E-state index is 0.970. The monoisotopic (exact) mass is 252 g/mol. The van der Waals surface area contributed by atoms with Gasteiger partial charge in [0, 0.05) is 23.0 Å². The fourth-order valence-electron chi connectivity index (χ4n) is 1.72. The number of aromatic nitrogens is 1. The van der Waals surface area contributed by atoms with Crippen LogP contribution in [0.1, 0.15) is 0 Å². The van der Waals surface area contributed by atoms with Gasteiger partial charge in [0.2, 0.25) is 0 Å². The third-order valence-electron chi connectivity index (χ3n) is 2.62. The van der Waals surface area contributed by atoms with Gasteiger partial charge in [-0.05, 0) is 24.3 Å². The highest BCUT2D eigenvalue weighted by Gasteiger charge is 1.98. The van der Waals surface area contributed by atoms with Gasteiger partial charge in [-0.2, -0.15) is 0 Å². The van der Waals surface area contributed by atoms with Crippen molar-refractivity contribution >= 4 is 28.5 Å². The Hall–Kier alpha value is -2.00. The van der Waals surface area contributed by atoms with E-state index in [0.717, 1.165) is 16.2 Å². The topological polar surface area (TPSA) is 24.9 Å². The van der Waals surface area contributed by atoms with Crippen molar-refractivity contribution in [2.45, 2.75) is 5.03 Å². The molecule has 0 aliphatic rings. The number of benzene rings is 2. The lowest BCUT2D eigenvalue weighted by atomic mass is 10.2. The van der Waals surface area contributed by atoms with E-state index in [-0.39, 0.29) is 0 Å². The Kier molecular flexibility index (Phi) is 3.15. The fraction of sp³-hybridized carbons (Fsp3) is 0. The second kappa shape index (κ2) is 5.10. The molecule has 0 bridgehead atoms. The first-order valence-electron chi connectivity index (χ1n) is 5.75. The summed E-state index contributed by atoms with van der Waals surface area (Å²) in [5, 5.41) is 2.14. The minimum absolute atomic E-state index is 0.970. The molecule has 1 heterocycles. The van der Waals surface area contributed by atoms with Gasteiger partial charge in [-0.25, -0.2) is 4.98 Å². The van der Waals surface area contributed by atoms with Crippen LogP contribution in [-0.4, -0.2) is 4.98 Å². The van der Waals surface area contributed by atoms with Crippen molar-refractivity contribution < 1.29 is 0 Å². The molecule has 0 atom stereocenters. The van der Waals surface area contributed by atoms with E-state index in [4.69, 9.17) is 0 Å². The molecule has 0 aliphatic heterocycles. The predicted octanol–water partition coefficient (Wildman–Crippen LogP) is 4.35. The minimum Gasteiger partial charge on any atom is -0.324 e. The van der Waals surface area contributed by atoms with Crippen LogP contribution in [0.5, 0.6) is 0 Å². The SMILES string of the molecule is c1ccc(NSc2ccc3ccccc3n2)cc1. The average Bonchev–Trinajstić information content (AvgIpc) is 2.46. The molecule has 2 nitrogen and oxygen atoms in total. The van der Waals surface area contributed by atoms with Crippen LogP contribution < -0.4 is 4.72 Å². The van der Waals surface area contributed by atoms with Gasteiger partial charge < -0.3 is 4.72 Å². The summed E-state index contributed by atoms with van der Waals surface area (Å²) >= 11 is 1.53. The summed E-state index contributed by atoms with van der Waals surface area (Å²) < 4.78 is 3.28. The standard InChI is InChI=1S/C15H12N2S/c1-2-7-13(8-3-1)17-18-15-11-10-12-6-4-5-9-14(12)16-15/h1-11,17H. The summed E-state index contributed by atoms with van der Waals surface area (Å²) in [6.07, 6.45) is 0. The van der Waals surface area contributed by atoms with Crippen LogP contribution in [0, 0.1) is 0 Å². The molecule has 0 unspecified atom stereocenters. The first kappa shape index (κ1) is 11.1. The molecule has 1 aromatic heterocycles. The Balaban J connectivity index is 1.79. The Bertz CT molecular complexity index is 653. The number of nitrogens with zero attached hydrogens (tertiary/aromatic N) is 1.